The molecule has 0 aromatic carbocycles. The minimum atomic E-state index is -0.266. The van der Waals surface area contributed by atoms with E-state index in [-0.39, 0.29) is 5.91 Å². The third-order valence-corrected chi connectivity index (χ3v) is 3.63. The SMILES string of the molecule is Cc1c(C(=O)Nc2cc(CCCN)ccn2)cc(C#N)n1C. The molecule has 22 heavy (non-hydrogen) atoms. The molecule has 2 rings (SSSR count). The van der Waals surface area contributed by atoms with Gasteiger partial charge in [-0.05, 0) is 50.1 Å². The first kappa shape index (κ1) is 15.7. The number of amides is 1. The van der Waals surface area contributed by atoms with Gasteiger partial charge in [-0.3, -0.25) is 4.79 Å². The van der Waals surface area contributed by atoms with Crippen LogP contribution in [0.2, 0.25) is 0 Å². The molecule has 0 unspecified atom stereocenters. The molecule has 0 aliphatic carbocycles. The van der Waals surface area contributed by atoms with Crippen LogP contribution in [0.5, 0.6) is 0 Å². The number of aromatic nitrogens is 2. The highest BCUT2D eigenvalue weighted by molar-refractivity contribution is 6.05. The molecule has 3 N–H and O–H groups in total. The second-order valence-corrected chi connectivity index (χ2v) is 5.10. The predicted octanol–water partition coefficient (Wildman–Crippen LogP) is 1.74. The molecule has 0 spiro atoms. The molecule has 2 aromatic heterocycles. The second-order valence-electron chi connectivity index (χ2n) is 5.10. The van der Waals surface area contributed by atoms with Gasteiger partial charge in [0.25, 0.3) is 5.91 Å². The van der Waals surface area contributed by atoms with Gasteiger partial charge in [0.1, 0.15) is 17.6 Å². The molecule has 0 fully saturated rings. The lowest BCUT2D eigenvalue weighted by Crippen LogP contribution is -2.14. The van der Waals surface area contributed by atoms with E-state index in [0.717, 1.165) is 24.1 Å². The van der Waals surface area contributed by atoms with Crippen LogP contribution in [0.4, 0.5) is 5.82 Å². The van der Waals surface area contributed by atoms with Crippen LogP contribution in [0.3, 0.4) is 0 Å². The van der Waals surface area contributed by atoms with Crippen LogP contribution in [0.25, 0.3) is 0 Å². The van der Waals surface area contributed by atoms with Gasteiger partial charge in [-0.25, -0.2) is 4.98 Å². The molecular formula is C16H19N5O. The molecular weight excluding hydrogens is 278 g/mol. The molecule has 0 atom stereocenters. The molecule has 0 aliphatic heterocycles. The molecule has 0 bridgehead atoms. The second kappa shape index (κ2) is 6.87. The lowest BCUT2D eigenvalue weighted by atomic mass is 10.1. The zero-order valence-electron chi connectivity index (χ0n) is 12.8. The molecule has 2 heterocycles. The molecule has 6 heteroatoms. The van der Waals surface area contributed by atoms with Crippen molar-refractivity contribution in [2.45, 2.75) is 19.8 Å². The van der Waals surface area contributed by atoms with Gasteiger partial charge in [-0.1, -0.05) is 0 Å². The molecule has 114 valence electrons. The van der Waals surface area contributed by atoms with Gasteiger partial charge in [-0.15, -0.1) is 0 Å². The number of carbonyl (C=O) groups is 1. The first-order valence-corrected chi connectivity index (χ1v) is 7.09. The maximum absolute atomic E-state index is 12.3. The molecule has 6 nitrogen and oxygen atoms in total. The molecule has 1 amide bonds. The fraction of sp³-hybridized carbons (Fsp3) is 0.312. The Kier molecular flexibility index (Phi) is 4.92. The van der Waals surface area contributed by atoms with Gasteiger partial charge in [0, 0.05) is 18.9 Å². The Balaban J connectivity index is 2.17. The fourth-order valence-corrected chi connectivity index (χ4v) is 2.22. The van der Waals surface area contributed by atoms with E-state index in [1.807, 2.05) is 12.1 Å². The van der Waals surface area contributed by atoms with E-state index in [1.165, 1.54) is 0 Å². The Morgan fingerprint density at radius 3 is 2.91 bits per heavy atom. The number of nitrogens with two attached hydrogens (primary N) is 1. The van der Waals surface area contributed by atoms with Gasteiger partial charge in [0.2, 0.25) is 0 Å². The lowest BCUT2D eigenvalue weighted by molar-refractivity contribution is 0.102. The lowest BCUT2D eigenvalue weighted by Gasteiger charge is -2.06. The van der Waals surface area contributed by atoms with E-state index >= 15 is 0 Å². The van der Waals surface area contributed by atoms with E-state index < -0.39 is 0 Å². The molecule has 0 saturated heterocycles. The van der Waals surface area contributed by atoms with Gasteiger partial charge >= 0.3 is 0 Å². The largest absolute Gasteiger partial charge is 0.339 e. The van der Waals surface area contributed by atoms with E-state index in [2.05, 4.69) is 16.4 Å². The van der Waals surface area contributed by atoms with Crippen LogP contribution in [-0.2, 0) is 13.5 Å². The number of anilines is 1. The summed E-state index contributed by atoms with van der Waals surface area (Å²) in [4.78, 5) is 16.5. The van der Waals surface area contributed by atoms with Crippen molar-refractivity contribution in [3.63, 3.8) is 0 Å². The van der Waals surface area contributed by atoms with E-state index in [1.54, 1.807) is 30.8 Å². The quantitative estimate of drug-likeness (QED) is 0.878. The topological polar surface area (TPSA) is 96.7 Å². The number of nitrogens with one attached hydrogen (secondary N) is 1. The van der Waals surface area contributed by atoms with Gasteiger partial charge < -0.3 is 15.6 Å². The summed E-state index contributed by atoms with van der Waals surface area (Å²) < 4.78 is 1.69. The average molecular weight is 297 g/mol. The van der Waals surface area contributed by atoms with Crippen molar-refractivity contribution in [2.24, 2.45) is 12.8 Å². The Labute approximate surface area is 129 Å². The summed E-state index contributed by atoms with van der Waals surface area (Å²) in [6.45, 7) is 2.44. The van der Waals surface area contributed by atoms with E-state index in [0.29, 0.717) is 23.6 Å². The van der Waals surface area contributed by atoms with Crippen LogP contribution in [0.15, 0.2) is 24.4 Å². The maximum Gasteiger partial charge on any atom is 0.258 e. The van der Waals surface area contributed by atoms with Crippen LogP contribution >= 0.6 is 0 Å². The van der Waals surface area contributed by atoms with Gasteiger partial charge in [0.15, 0.2) is 0 Å². The Bertz CT molecular complexity index is 727. The molecule has 2 aromatic rings. The average Bonchev–Trinajstić information content (AvgIpc) is 2.81. The number of aryl methyl sites for hydroxylation is 1. The monoisotopic (exact) mass is 297 g/mol. The standard InChI is InChI=1S/C16H19N5O/c1-11-14(9-13(10-18)21(11)2)16(22)20-15-8-12(4-3-6-17)5-7-19-15/h5,7-9H,3-4,6,17H2,1-2H3,(H,19,20,22). The summed E-state index contributed by atoms with van der Waals surface area (Å²) in [5.74, 6) is 0.236. The third-order valence-electron chi connectivity index (χ3n) is 3.63. The fourth-order valence-electron chi connectivity index (χ4n) is 2.22. The number of nitriles is 1. The zero-order valence-corrected chi connectivity index (χ0v) is 12.8. The Morgan fingerprint density at radius 1 is 1.50 bits per heavy atom. The first-order valence-electron chi connectivity index (χ1n) is 7.09. The highest BCUT2D eigenvalue weighted by atomic mass is 16.1. The minimum absolute atomic E-state index is 0.266. The summed E-state index contributed by atoms with van der Waals surface area (Å²) in [6, 6.07) is 7.40. The predicted molar refractivity (Wildman–Crippen MR) is 84.4 cm³/mol. The molecule has 0 aliphatic rings. The van der Waals surface area contributed by atoms with Crippen molar-refractivity contribution in [1.29, 1.82) is 5.26 Å². The highest BCUT2D eigenvalue weighted by Crippen LogP contribution is 2.16. The number of hydrogen-bond donors (Lipinski definition) is 2. The van der Waals surface area contributed by atoms with Crippen LogP contribution < -0.4 is 11.1 Å². The summed E-state index contributed by atoms with van der Waals surface area (Å²) in [5, 5.41) is 11.8. The highest BCUT2D eigenvalue weighted by Gasteiger charge is 2.16. The van der Waals surface area contributed by atoms with Crippen molar-refractivity contribution >= 4 is 11.7 Å². The third kappa shape index (κ3) is 3.32. The normalized spacial score (nSPS) is 10.3. The summed E-state index contributed by atoms with van der Waals surface area (Å²) in [7, 11) is 1.76. The summed E-state index contributed by atoms with van der Waals surface area (Å²) in [5.41, 5.74) is 8.26. The smallest absolute Gasteiger partial charge is 0.258 e. The number of nitrogens with zero attached hydrogens (tertiary/aromatic N) is 3. The van der Waals surface area contributed by atoms with Crippen molar-refractivity contribution in [1.82, 2.24) is 9.55 Å². The van der Waals surface area contributed by atoms with Crippen LogP contribution in [0.1, 0.15) is 33.7 Å². The number of rotatable bonds is 5. The van der Waals surface area contributed by atoms with Gasteiger partial charge in [0.05, 0.1) is 5.56 Å². The first-order chi connectivity index (χ1) is 10.6. The number of pyridine rings is 1. The molecule has 0 radical (unpaired) electrons. The van der Waals surface area contributed by atoms with E-state index in [9.17, 15) is 4.79 Å². The van der Waals surface area contributed by atoms with Crippen molar-refractivity contribution in [3.05, 3.63) is 46.9 Å². The minimum Gasteiger partial charge on any atom is -0.339 e. The van der Waals surface area contributed by atoms with Crippen molar-refractivity contribution in [3.8, 4) is 6.07 Å². The Morgan fingerprint density at radius 2 is 2.27 bits per heavy atom. The maximum atomic E-state index is 12.3. The van der Waals surface area contributed by atoms with Crippen LogP contribution in [-0.4, -0.2) is 22.0 Å². The zero-order chi connectivity index (χ0) is 16.1. The molecule has 0 saturated carbocycles. The Hall–Kier alpha value is -2.65. The summed E-state index contributed by atoms with van der Waals surface area (Å²) >= 11 is 0. The van der Waals surface area contributed by atoms with Crippen LogP contribution in [0, 0.1) is 18.3 Å². The number of carbonyl (C=O) groups excluding carboxylic acids is 1. The summed E-state index contributed by atoms with van der Waals surface area (Å²) in [6.07, 6.45) is 3.41. The van der Waals surface area contributed by atoms with Crippen molar-refractivity contribution < 1.29 is 4.79 Å². The van der Waals surface area contributed by atoms with Crippen molar-refractivity contribution in [2.75, 3.05) is 11.9 Å². The number of hydrogen-bond acceptors (Lipinski definition) is 4. The van der Waals surface area contributed by atoms with E-state index in [4.69, 9.17) is 11.0 Å². The van der Waals surface area contributed by atoms with Gasteiger partial charge in [-0.2, -0.15) is 5.26 Å².